The van der Waals surface area contributed by atoms with Crippen LogP contribution in [0.25, 0.3) is 0 Å². The minimum atomic E-state index is -4.41. The number of hydrogen-bond acceptors (Lipinski definition) is 7. The monoisotopic (exact) mass is 571 g/mol. The number of H-pyrrole nitrogens is 1. The normalized spacial score (nSPS) is 13.6. The third kappa shape index (κ3) is 5.78. The SMILES string of the molecule is COc1cccc(CS(=O)(=O)c2nc(C(=O)N3CCc4c(cccc4Nc4ccc(C(F)(F)F)cc4)C3)c[nH]2)n1. The largest absolute Gasteiger partial charge is 0.481 e. The lowest BCUT2D eigenvalue weighted by molar-refractivity contribution is -0.137. The Bertz CT molecular complexity index is 1650. The molecule has 208 valence electrons. The van der Waals surface area contributed by atoms with E-state index in [1.807, 2.05) is 12.1 Å². The lowest BCUT2D eigenvalue weighted by Gasteiger charge is -2.30. The Morgan fingerprint density at radius 1 is 1.07 bits per heavy atom. The van der Waals surface area contributed by atoms with Crippen molar-refractivity contribution < 1.29 is 31.1 Å². The first kappa shape index (κ1) is 27.2. The number of nitrogens with one attached hydrogen (secondary N) is 2. The number of alkyl halides is 3. The number of benzene rings is 2. The number of fused-ring (bicyclic) bond motifs is 1. The van der Waals surface area contributed by atoms with E-state index in [4.69, 9.17) is 4.74 Å². The molecule has 2 N–H and O–H groups in total. The summed E-state index contributed by atoms with van der Waals surface area (Å²) in [6, 6.07) is 15.1. The van der Waals surface area contributed by atoms with Gasteiger partial charge in [0.15, 0.2) is 0 Å². The first-order valence-corrected chi connectivity index (χ1v) is 13.8. The topological polar surface area (TPSA) is 117 Å². The van der Waals surface area contributed by atoms with Crippen molar-refractivity contribution in [2.24, 2.45) is 0 Å². The van der Waals surface area contributed by atoms with Crippen molar-refractivity contribution in [3.05, 3.63) is 94.9 Å². The summed E-state index contributed by atoms with van der Waals surface area (Å²) in [6.07, 6.45) is -2.65. The Hall–Kier alpha value is -4.39. The molecular weight excluding hydrogens is 547 g/mol. The lowest BCUT2D eigenvalue weighted by Crippen LogP contribution is -2.36. The zero-order valence-electron chi connectivity index (χ0n) is 21.2. The van der Waals surface area contributed by atoms with E-state index in [2.05, 4.69) is 20.3 Å². The molecule has 1 aliphatic heterocycles. The Kier molecular flexibility index (Phi) is 7.23. The number of ether oxygens (including phenoxy) is 1. The summed E-state index contributed by atoms with van der Waals surface area (Å²) in [4.78, 5) is 25.5. The van der Waals surface area contributed by atoms with E-state index in [0.717, 1.165) is 28.9 Å². The average Bonchev–Trinajstić information content (AvgIpc) is 3.44. The predicted molar refractivity (Wildman–Crippen MR) is 140 cm³/mol. The van der Waals surface area contributed by atoms with Crippen LogP contribution in [0, 0.1) is 0 Å². The molecule has 4 aromatic rings. The van der Waals surface area contributed by atoms with Gasteiger partial charge < -0.3 is 19.9 Å². The van der Waals surface area contributed by atoms with Crippen molar-refractivity contribution >= 4 is 27.1 Å². The maximum atomic E-state index is 13.2. The van der Waals surface area contributed by atoms with Gasteiger partial charge in [0.1, 0.15) is 11.4 Å². The Balaban J connectivity index is 1.28. The molecule has 0 bridgehead atoms. The minimum Gasteiger partial charge on any atom is -0.481 e. The number of sulfone groups is 1. The van der Waals surface area contributed by atoms with Crippen LogP contribution >= 0.6 is 0 Å². The van der Waals surface area contributed by atoms with Gasteiger partial charge in [-0.05, 0) is 53.9 Å². The number of hydrogen-bond donors (Lipinski definition) is 2. The van der Waals surface area contributed by atoms with Gasteiger partial charge in [0, 0.05) is 36.7 Å². The highest BCUT2D eigenvalue weighted by atomic mass is 32.2. The van der Waals surface area contributed by atoms with Gasteiger partial charge in [-0.3, -0.25) is 4.79 Å². The van der Waals surface area contributed by atoms with Gasteiger partial charge in [-0.15, -0.1) is 0 Å². The van der Waals surface area contributed by atoms with Crippen LogP contribution < -0.4 is 10.1 Å². The van der Waals surface area contributed by atoms with Crippen molar-refractivity contribution in [1.82, 2.24) is 19.9 Å². The van der Waals surface area contributed by atoms with E-state index >= 15 is 0 Å². The molecule has 40 heavy (non-hydrogen) atoms. The summed E-state index contributed by atoms with van der Waals surface area (Å²) in [7, 11) is -2.47. The number of aromatic amines is 1. The molecule has 0 aliphatic carbocycles. The maximum absolute atomic E-state index is 13.2. The summed E-state index contributed by atoms with van der Waals surface area (Å²) in [5.41, 5.74) is 2.58. The van der Waals surface area contributed by atoms with E-state index < -0.39 is 33.2 Å². The van der Waals surface area contributed by atoms with Crippen LogP contribution in [0.4, 0.5) is 24.5 Å². The van der Waals surface area contributed by atoms with E-state index in [0.29, 0.717) is 18.7 Å². The van der Waals surface area contributed by atoms with Gasteiger partial charge in [-0.25, -0.2) is 18.4 Å². The number of aromatic nitrogens is 3. The molecule has 2 aromatic heterocycles. The molecule has 3 heterocycles. The number of carbonyl (C=O) groups excluding carboxylic acids is 1. The number of methoxy groups -OCH3 is 1. The molecule has 0 saturated carbocycles. The summed E-state index contributed by atoms with van der Waals surface area (Å²) >= 11 is 0. The van der Waals surface area contributed by atoms with Crippen LogP contribution in [0.3, 0.4) is 0 Å². The minimum absolute atomic E-state index is 0.0281. The summed E-state index contributed by atoms with van der Waals surface area (Å²) in [6.45, 7) is 0.611. The molecule has 0 atom stereocenters. The van der Waals surface area contributed by atoms with Gasteiger partial charge >= 0.3 is 6.18 Å². The number of pyridine rings is 1. The molecular formula is C27H24F3N5O4S. The van der Waals surface area contributed by atoms with Gasteiger partial charge in [-0.2, -0.15) is 13.2 Å². The predicted octanol–water partition coefficient (Wildman–Crippen LogP) is 4.75. The lowest BCUT2D eigenvalue weighted by atomic mass is 9.97. The molecule has 1 amide bonds. The molecule has 2 aromatic carbocycles. The van der Waals surface area contributed by atoms with Gasteiger partial charge in [0.25, 0.3) is 5.91 Å². The zero-order chi connectivity index (χ0) is 28.5. The van der Waals surface area contributed by atoms with Crippen molar-refractivity contribution in [3.8, 4) is 5.88 Å². The third-order valence-electron chi connectivity index (χ3n) is 6.44. The second-order valence-electron chi connectivity index (χ2n) is 9.14. The van der Waals surface area contributed by atoms with Crippen molar-refractivity contribution in [1.29, 1.82) is 0 Å². The average molecular weight is 572 g/mol. The fourth-order valence-electron chi connectivity index (χ4n) is 4.45. The molecule has 0 fully saturated rings. The number of imidazole rings is 1. The Labute approximate surface area is 228 Å². The standard InChI is InChI=1S/C27H24F3N5O4S/c1-39-24-7-3-5-20(33-24)16-40(37,38)26-31-14-23(34-26)25(36)35-13-12-21-17(15-35)4-2-6-22(21)32-19-10-8-18(9-11-19)27(28,29)30/h2-11,14,32H,12-13,15-16H2,1H3,(H,31,34). The van der Waals surface area contributed by atoms with E-state index in [9.17, 15) is 26.4 Å². The second kappa shape index (κ2) is 10.6. The van der Waals surface area contributed by atoms with Gasteiger partial charge in [0.2, 0.25) is 20.9 Å². The van der Waals surface area contributed by atoms with Crippen LogP contribution in [0.15, 0.2) is 72.0 Å². The van der Waals surface area contributed by atoms with Crippen molar-refractivity contribution in [3.63, 3.8) is 0 Å². The van der Waals surface area contributed by atoms with Crippen LogP contribution in [-0.2, 0) is 34.7 Å². The fourth-order valence-corrected chi connectivity index (χ4v) is 5.61. The number of anilines is 2. The highest BCUT2D eigenvalue weighted by molar-refractivity contribution is 7.90. The molecule has 13 heteroatoms. The van der Waals surface area contributed by atoms with Crippen molar-refractivity contribution in [2.75, 3.05) is 19.0 Å². The highest BCUT2D eigenvalue weighted by Gasteiger charge is 2.30. The molecule has 1 aliphatic rings. The molecule has 5 rings (SSSR count). The van der Waals surface area contributed by atoms with E-state index in [1.165, 1.54) is 25.4 Å². The number of amides is 1. The van der Waals surface area contributed by atoms with Crippen molar-refractivity contribution in [2.45, 2.75) is 30.1 Å². The van der Waals surface area contributed by atoms with Crippen LogP contribution in [0.5, 0.6) is 5.88 Å². The van der Waals surface area contributed by atoms with Gasteiger partial charge in [0.05, 0.1) is 18.4 Å². The Morgan fingerprint density at radius 3 is 2.55 bits per heavy atom. The van der Waals surface area contributed by atoms with Crippen LogP contribution in [0.2, 0.25) is 0 Å². The number of nitrogens with zero attached hydrogens (tertiary/aromatic N) is 3. The van der Waals surface area contributed by atoms with E-state index in [-0.39, 0.29) is 29.0 Å². The number of carbonyl (C=O) groups is 1. The molecule has 0 unspecified atom stereocenters. The number of rotatable bonds is 7. The maximum Gasteiger partial charge on any atom is 0.416 e. The molecule has 0 saturated heterocycles. The molecule has 9 nitrogen and oxygen atoms in total. The second-order valence-corrected chi connectivity index (χ2v) is 11.0. The summed E-state index contributed by atoms with van der Waals surface area (Å²) < 4.78 is 69.4. The number of halogens is 3. The van der Waals surface area contributed by atoms with Gasteiger partial charge in [-0.1, -0.05) is 18.2 Å². The first-order valence-electron chi connectivity index (χ1n) is 12.2. The summed E-state index contributed by atoms with van der Waals surface area (Å²) in [5.74, 6) is -0.563. The molecule has 0 spiro atoms. The smallest absolute Gasteiger partial charge is 0.416 e. The quantitative estimate of drug-likeness (QED) is 0.329. The highest BCUT2D eigenvalue weighted by Crippen LogP contribution is 2.32. The summed E-state index contributed by atoms with van der Waals surface area (Å²) in [5, 5.41) is 2.83. The molecule has 0 radical (unpaired) electrons. The van der Waals surface area contributed by atoms with Crippen LogP contribution in [0.1, 0.15) is 32.9 Å². The third-order valence-corrected chi connectivity index (χ3v) is 7.91. The van der Waals surface area contributed by atoms with Crippen LogP contribution in [-0.4, -0.2) is 47.8 Å². The first-order chi connectivity index (χ1) is 19.0. The zero-order valence-corrected chi connectivity index (χ0v) is 22.0. The Morgan fingerprint density at radius 2 is 1.82 bits per heavy atom. The fraction of sp³-hybridized carbons (Fsp3) is 0.222. The van der Waals surface area contributed by atoms with E-state index in [1.54, 1.807) is 29.2 Å².